The Morgan fingerprint density at radius 2 is 1.49 bits per heavy atom. The summed E-state index contributed by atoms with van der Waals surface area (Å²) < 4.78 is 3.04. The zero-order chi connectivity index (χ0) is 25.0. The summed E-state index contributed by atoms with van der Waals surface area (Å²) in [5.74, 6) is 0. The molecule has 0 amide bonds. The first-order valence-electron chi connectivity index (χ1n) is 12.5. The SMILES string of the molecule is Cc1c(-c2ccc(CC(C)(C)C)cc2)[te]c2c(-c3cc(C(C)(C)C)c4ccccc4c3)nccc12. The molecule has 0 aliphatic heterocycles. The van der Waals surface area contributed by atoms with Crippen molar-refractivity contribution in [3.8, 4) is 20.4 Å². The van der Waals surface area contributed by atoms with Crippen molar-refractivity contribution in [1.29, 1.82) is 0 Å². The quantitative estimate of drug-likeness (QED) is 0.197. The third kappa shape index (κ3) is 4.84. The molecule has 0 spiro atoms. The molecule has 0 saturated carbocycles. The van der Waals surface area contributed by atoms with Gasteiger partial charge in [0.05, 0.1) is 0 Å². The molecule has 178 valence electrons. The van der Waals surface area contributed by atoms with Crippen molar-refractivity contribution >= 4 is 40.0 Å². The van der Waals surface area contributed by atoms with Crippen molar-refractivity contribution in [1.82, 2.24) is 4.98 Å². The zero-order valence-electron chi connectivity index (χ0n) is 22.0. The molecule has 0 bridgehead atoms. The molecule has 0 unspecified atom stereocenters. The Labute approximate surface area is 219 Å². The molecule has 0 N–H and O–H groups in total. The van der Waals surface area contributed by atoms with Gasteiger partial charge >= 0.3 is 221 Å². The molecule has 0 radical (unpaired) electrons. The van der Waals surface area contributed by atoms with Crippen LogP contribution in [0.4, 0.5) is 0 Å². The summed E-state index contributed by atoms with van der Waals surface area (Å²) in [5.41, 5.74) is 8.45. The second kappa shape index (κ2) is 8.92. The van der Waals surface area contributed by atoms with E-state index in [0.29, 0.717) is 5.41 Å². The molecule has 2 heteroatoms. The number of nitrogens with zero attached hydrogens (tertiary/aromatic N) is 1. The fourth-order valence-electron chi connectivity index (χ4n) is 5.08. The maximum absolute atomic E-state index is 4.97. The Balaban J connectivity index is 1.65. The molecular weight excluding hydrogens is 538 g/mol. The average Bonchev–Trinajstić information content (AvgIpc) is 3.14. The average molecular weight is 573 g/mol. The predicted octanol–water partition coefficient (Wildman–Crippen LogP) is 8.97. The second-order valence-corrected chi connectivity index (χ2v) is 14.9. The minimum atomic E-state index is -0.539. The van der Waals surface area contributed by atoms with Gasteiger partial charge in [0.25, 0.3) is 0 Å². The van der Waals surface area contributed by atoms with Crippen molar-refractivity contribution in [2.75, 3.05) is 0 Å². The maximum atomic E-state index is 4.97. The van der Waals surface area contributed by atoms with E-state index in [-0.39, 0.29) is 5.41 Å². The molecule has 0 aliphatic carbocycles. The molecule has 0 aliphatic rings. The van der Waals surface area contributed by atoms with E-state index < -0.39 is 20.4 Å². The number of hydrogen-bond donors (Lipinski definition) is 0. The van der Waals surface area contributed by atoms with Crippen LogP contribution in [0.3, 0.4) is 0 Å². The van der Waals surface area contributed by atoms with Crippen LogP contribution in [0.25, 0.3) is 40.0 Å². The van der Waals surface area contributed by atoms with E-state index in [4.69, 9.17) is 4.98 Å². The number of fused-ring (bicyclic) bond motifs is 2. The van der Waals surface area contributed by atoms with Gasteiger partial charge in [-0.05, 0) is 0 Å². The number of aryl methyl sites for hydroxylation is 1. The summed E-state index contributed by atoms with van der Waals surface area (Å²) in [6, 6.07) is 25.1. The van der Waals surface area contributed by atoms with Gasteiger partial charge < -0.3 is 0 Å². The van der Waals surface area contributed by atoms with Crippen LogP contribution in [0, 0.1) is 12.3 Å². The normalized spacial score (nSPS) is 12.5. The molecule has 0 fully saturated rings. The summed E-state index contributed by atoms with van der Waals surface area (Å²) in [7, 11) is 0. The standard InChI is InChI=1S/C33H35NTe/c1-21-26-16-17-34-29(25-18-24-10-8-9-11-27(24)28(19-25)33(5,6)7)31(26)35-30(21)23-14-12-22(13-15-23)20-32(2,3)4/h8-19H,20H2,1-7H3. The van der Waals surface area contributed by atoms with E-state index in [1.54, 1.807) is 3.58 Å². The van der Waals surface area contributed by atoms with Crippen LogP contribution in [-0.2, 0) is 11.8 Å². The summed E-state index contributed by atoms with van der Waals surface area (Å²) in [6.07, 6.45) is 3.11. The number of hydrogen-bond acceptors (Lipinski definition) is 1. The Morgan fingerprint density at radius 1 is 0.771 bits per heavy atom. The van der Waals surface area contributed by atoms with Gasteiger partial charge in [0.1, 0.15) is 0 Å². The van der Waals surface area contributed by atoms with Gasteiger partial charge in [-0.2, -0.15) is 0 Å². The van der Waals surface area contributed by atoms with Gasteiger partial charge in [-0.25, -0.2) is 0 Å². The van der Waals surface area contributed by atoms with Crippen LogP contribution >= 0.6 is 0 Å². The van der Waals surface area contributed by atoms with E-state index in [1.807, 2.05) is 6.20 Å². The molecule has 0 atom stereocenters. The molecular formula is C33H35NTe. The van der Waals surface area contributed by atoms with Crippen LogP contribution in [0.2, 0.25) is 0 Å². The summed E-state index contributed by atoms with van der Waals surface area (Å²) in [5, 5.41) is 4.04. The minimum absolute atomic E-state index is 0.0678. The molecule has 1 nitrogen and oxygen atoms in total. The summed E-state index contributed by atoms with van der Waals surface area (Å²) in [4.78, 5) is 4.97. The number of rotatable bonds is 3. The van der Waals surface area contributed by atoms with Gasteiger partial charge in [-0.3, -0.25) is 0 Å². The summed E-state index contributed by atoms with van der Waals surface area (Å²) in [6.45, 7) is 16.1. The molecule has 0 saturated heterocycles. The van der Waals surface area contributed by atoms with Crippen LogP contribution in [-0.4, -0.2) is 25.4 Å². The van der Waals surface area contributed by atoms with Crippen LogP contribution in [0.5, 0.6) is 0 Å². The second-order valence-electron chi connectivity index (χ2n) is 12.0. The van der Waals surface area contributed by atoms with E-state index in [2.05, 4.69) is 115 Å². The Kier molecular flexibility index (Phi) is 6.19. The summed E-state index contributed by atoms with van der Waals surface area (Å²) >= 11 is -0.539. The third-order valence-electron chi connectivity index (χ3n) is 6.75. The monoisotopic (exact) mass is 575 g/mol. The van der Waals surface area contributed by atoms with Crippen molar-refractivity contribution in [2.24, 2.45) is 5.41 Å². The van der Waals surface area contributed by atoms with Crippen LogP contribution < -0.4 is 0 Å². The van der Waals surface area contributed by atoms with Gasteiger partial charge in [-0.1, -0.05) is 0 Å². The van der Waals surface area contributed by atoms with Gasteiger partial charge in [0.2, 0.25) is 0 Å². The van der Waals surface area contributed by atoms with Gasteiger partial charge in [0, 0.05) is 0 Å². The molecule has 2 heterocycles. The molecule has 3 aromatic carbocycles. The first kappa shape index (κ1) is 24.3. The molecule has 5 aromatic rings. The van der Waals surface area contributed by atoms with E-state index in [0.717, 1.165) is 6.42 Å². The fourth-order valence-corrected chi connectivity index (χ4v) is 8.85. The Bertz CT molecular complexity index is 1520. The van der Waals surface area contributed by atoms with E-state index in [1.165, 1.54) is 53.1 Å². The molecule has 35 heavy (non-hydrogen) atoms. The first-order chi connectivity index (χ1) is 16.5. The number of aromatic nitrogens is 1. The number of pyridine rings is 1. The Morgan fingerprint density at radius 3 is 2.17 bits per heavy atom. The van der Waals surface area contributed by atoms with E-state index in [9.17, 15) is 0 Å². The molecule has 2 aromatic heterocycles. The van der Waals surface area contributed by atoms with Crippen LogP contribution in [0.15, 0.2) is 72.9 Å². The van der Waals surface area contributed by atoms with E-state index >= 15 is 0 Å². The first-order valence-corrected chi connectivity index (χ1v) is 14.9. The van der Waals surface area contributed by atoms with Crippen molar-refractivity contribution in [3.05, 3.63) is 89.6 Å². The zero-order valence-corrected chi connectivity index (χ0v) is 24.3. The number of benzene rings is 3. The van der Waals surface area contributed by atoms with Crippen molar-refractivity contribution in [2.45, 2.75) is 60.3 Å². The fraction of sp³-hybridized carbons (Fsp3) is 0.303. The predicted molar refractivity (Wildman–Crippen MR) is 154 cm³/mol. The molecule has 5 rings (SSSR count). The van der Waals surface area contributed by atoms with Crippen molar-refractivity contribution < 1.29 is 0 Å². The third-order valence-corrected chi connectivity index (χ3v) is 10.6. The van der Waals surface area contributed by atoms with Crippen molar-refractivity contribution in [3.63, 3.8) is 0 Å². The van der Waals surface area contributed by atoms with Crippen LogP contribution in [0.1, 0.15) is 58.2 Å². The van der Waals surface area contributed by atoms with Gasteiger partial charge in [0.15, 0.2) is 0 Å². The topological polar surface area (TPSA) is 12.9 Å². The van der Waals surface area contributed by atoms with Gasteiger partial charge in [-0.15, -0.1) is 0 Å². The Hall–Kier alpha value is -2.40.